The molecule has 0 aliphatic carbocycles. The predicted molar refractivity (Wildman–Crippen MR) is 96.6 cm³/mol. The molecule has 0 saturated heterocycles. The Balaban J connectivity index is 2.26. The van der Waals surface area contributed by atoms with Crippen LogP contribution < -0.4 is 4.74 Å². The van der Waals surface area contributed by atoms with Crippen molar-refractivity contribution in [2.45, 2.75) is 45.3 Å². The smallest absolute Gasteiger partial charge is 0.249 e. The summed E-state index contributed by atoms with van der Waals surface area (Å²) in [5, 5.41) is 0.228. The van der Waals surface area contributed by atoms with Crippen molar-refractivity contribution in [3.05, 3.63) is 60.6 Å². The summed E-state index contributed by atoms with van der Waals surface area (Å²) in [5.41, 5.74) is 3.12. The van der Waals surface area contributed by atoms with Gasteiger partial charge in [0.1, 0.15) is 5.75 Å². The van der Waals surface area contributed by atoms with Crippen molar-refractivity contribution < 1.29 is 9.16 Å². The molecule has 0 fully saturated rings. The van der Waals surface area contributed by atoms with E-state index in [-0.39, 0.29) is 5.04 Å². The Morgan fingerprint density at radius 2 is 1.82 bits per heavy atom. The fraction of sp³-hybridized carbons (Fsp3) is 0.421. The first kappa shape index (κ1) is 18.3. The van der Waals surface area contributed by atoms with Crippen molar-refractivity contribution >= 4 is 8.32 Å². The molecule has 2 nitrogen and oxygen atoms in total. The fourth-order valence-corrected chi connectivity index (χ4v) is 2.16. The van der Waals surface area contributed by atoms with Gasteiger partial charge in [-0.2, -0.15) is 0 Å². The minimum absolute atomic E-state index is 0.228. The molecule has 1 rings (SSSR count). The molecule has 0 atom stereocenters. The van der Waals surface area contributed by atoms with Gasteiger partial charge in [-0.1, -0.05) is 39.0 Å². The Labute approximate surface area is 136 Å². The van der Waals surface area contributed by atoms with E-state index < -0.39 is 8.32 Å². The first-order valence-corrected chi connectivity index (χ1v) is 10.7. The molecule has 0 saturated carbocycles. The molecule has 0 aliphatic heterocycles. The molecule has 0 bridgehead atoms. The third-order valence-electron chi connectivity index (χ3n) is 3.83. The van der Waals surface area contributed by atoms with Crippen LogP contribution in [-0.4, -0.2) is 14.9 Å². The van der Waals surface area contributed by atoms with Gasteiger partial charge in [0, 0.05) is 6.42 Å². The van der Waals surface area contributed by atoms with Gasteiger partial charge in [-0.25, -0.2) is 0 Å². The Bertz CT molecular complexity index is 518. The number of hydrogen-bond donors (Lipinski definition) is 0. The lowest BCUT2D eigenvalue weighted by molar-refractivity contribution is 0.325. The zero-order valence-corrected chi connectivity index (χ0v) is 15.4. The van der Waals surface area contributed by atoms with Gasteiger partial charge in [0.2, 0.25) is 8.32 Å². The molecule has 0 aromatic heterocycles. The van der Waals surface area contributed by atoms with Gasteiger partial charge in [0.05, 0.1) is 12.9 Å². The molecule has 22 heavy (non-hydrogen) atoms. The maximum atomic E-state index is 5.93. The van der Waals surface area contributed by atoms with Gasteiger partial charge in [-0.15, -0.1) is 5.73 Å². The zero-order valence-electron chi connectivity index (χ0n) is 14.4. The Morgan fingerprint density at radius 1 is 1.14 bits per heavy atom. The fourth-order valence-electron chi connectivity index (χ4n) is 1.38. The molecule has 0 amide bonds. The van der Waals surface area contributed by atoms with E-state index in [9.17, 15) is 0 Å². The molecule has 0 radical (unpaired) electrons. The van der Waals surface area contributed by atoms with Crippen LogP contribution in [-0.2, 0) is 4.43 Å². The van der Waals surface area contributed by atoms with Crippen molar-refractivity contribution in [1.82, 2.24) is 0 Å². The van der Waals surface area contributed by atoms with Gasteiger partial charge >= 0.3 is 0 Å². The normalized spacial score (nSPS) is 11.9. The predicted octanol–water partition coefficient (Wildman–Crippen LogP) is 5.70. The van der Waals surface area contributed by atoms with Crippen LogP contribution in [0.1, 0.15) is 27.2 Å². The van der Waals surface area contributed by atoms with E-state index in [4.69, 9.17) is 9.16 Å². The van der Waals surface area contributed by atoms with E-state index in [0.717, 1.165) is 12.2 Å². The third kappa shape index (κ3) is 6.84. The van der Waals surface area contributed by atoms with Crippen LogP contribution in [0.5, 0.6) is 5.75 Å². The molecule has 120 valence electrons. The number of hydrogen-bond acceptors (Lipinski definition) is 2. The standard InChI is InChI=1S/C19H28O2Si/c1-19(2,3)22(4,5)21-17-13-8-6-7-12-16-20-18-14-10-9-11-15-18/h7-11,13-15,17H,12,16H2,1-5H3/b17-13+. The Morgan fingerprint density at radius 3 is 2.45 bits per heavy atom. The maximum absolute atomic E-state index is 5.93. The number of rotatable bonds is 7. The van der Waals surface area contributed by atoms with Crippen molar-refractivity contribution in [2.24, 2.45) is 0 Å². The highest BCUT2D eigenvalue weighted by Crippen LogP contribution is 2.36. The van der Waals surface area contributed by atoms with Crippen molar-refractivity contribution in [2.75, 3.05) is 6.61 Å². The molecular weight excluding hydrogens is 288 g/mol. The van der Waals surface area contributed by atoms with E-state index in [1.165, 1.54) is 0 Å². The van der Waals surface area contributed by atoms with Crippen LogP contribution in [0.25, 0.3) is 0 Å². The molecule has 1 aromatic carbocycles. The molecule has 0 spiro atoms. The first-order chi connectivity index (χ1) is 10.3. The number of para-hydroxylation sites is 1. The maximum Gasteiger partial charge on any atom is 0.249 e. The molecular formula is C19H28O2Si. The second-order valence-corrected chi connectivity index (χ2v) is 11.5. The van der Waals surface area contributed by atoms with Gasteiger partial charge in [-0.3, -0.25) is 0 Å². The summed E-state index contributed by atoms with van der Waals surface area (Å²) in [6, 6.07) is 9.84. The lowest BCUT2D eigenvalue weighted by Gasteiger charge is -2.34. The highest BCUT2D eigenvalue weighted by Gasteiger charge is 2.37. The number of allylic oxidation sites excluding steroid dienone is 1. The summed E-state index contributed by atoms with van der Waals surface area (Å²) in [6.07, 6.45) is 8.37. The second-order valence-electron chi connectivity index (χ2n) is 6.69. The van der Waals surface area contributed by atoms with E-state index in [1.54, 1.807) is 6.26 Å². The van der Waals surface area contributed by atoms with E-state index >= 15 is 0 Å². The summed E-state index contributed by atoms with van der Waals surface area (Å²) in [6.45, 7) is 11.8. The highest BCUT2D eigenvalue weighted by atomic mass is 28.4. The molecule has 0 heterocycles. The third-order valence-corrected chi connectivity index (χ3v) is 8.17. The van der Waals surface area contributed by atoms with Crippen LogP contribution in [0.3, 0.4) is 0 Å². The molecule has 3 heteroatoms. The van der Waals surface area contributed by atoms with Crippen molar-refractivity contribution in [3.63, 3.8) is 0 Å². The van der Waals surface area contributed by atoms with Crippen LogP contribution in [0.15, 0.2) is 60.6 Å². The van der Waals surface area contributed by atoms with E-state index in [1.807, 2.05) is 48.6 Å². The van der Waals surface area contributed by atoms with E-state index in [2.05, 4.69) is 39.6 Å². The van der Waals surface area contributed by atoms with Crippen LogP contribution in [0.2, 0.25) is 18.1 Å². The molecule has 1 aromatic rings. The average Bonchev–Trinajstić information content (AvgIpc) is 2.45. The number of ether oxygens (including phenoxy) is 1. The minimum atomic E-state index is -1.69. The SMILES string of the molecule is CC(C)(C)[Si](C)(C)O/C=C/C=C=CCCOc1ccccc1. The largest absolute Gasteiger partial charge is 0.549 e. The summed E-state index contributed by atoms with van der Waals surface area (Å²) >= 11 is 0. The lowest BCUT2D eigenvalue weighted by Crippen LogP contribution is -2.39. The first-order valence-electron chi connectivity index (χ1n) is 7.75. The van der Waals surface area contributed by atoms with Crippen molar-refractivity contribution in [3.8, 4) is 5.75 Å². The summed E-state index contributed by atoms with van der Waals surface area (Å²) in [7, 11) is -1.69. The monoisotopic (exact) mass is 316 g/mol. The summed E-state index contributed by atoms with van der Waals surface area (Å²) in [5.74, 6) is 0.905. The average molecular weight is 317 g/mol. The summed E-state index contributed by atoms with van der Waals surface area (Å²) in [4.78, 5) is 0. The van der Waals surface area contributed by atoms with E-state index in [0.29, 0.717) is 6.61 Å². The molecule has 0 N–H and O–H groups in total. The topological polar surface area (TPSA) is 18.5 Å². The molecule has 0 unspecified atom stereocenters. The Kier molecular flexibility index (Phi) is 7.23. The molecule has 0 aliphatic rings. The van der Waals surface area contributed by atoms with Gasteiger partial charge in [0.15, 0.2) is 0 Å². The van der Waals surface area contributed by atoms with Crippen molar-refractivity contribution in [1.29, 1.82) is 0 Å². The van der Waals surface area contributed by atoms with Crippen LogP contribution in [0.4, 0.5) is 0 Å². The highest BCUT2D eigenvalue weighted by molar-refractivity contribution is 6.74. The second kappa shape index (κ2) is 8.67. The van der Waals surface area contributed by atoms with Gasteiger partial charge in [-0.05, 0) is 48.5 Å². The van der Waals surface area contributed by atoms with Crippen LogP contribution >= 0.6 is 0 Å². The zero-order chi connectivity index (χ0) is 16.5. The van der Waals surface area contributed by atoms with Crippen LogP contribution in [0, 0.1) is 0 Å². The lowest BCUT2D eigenvalue weighted by atomic mass is 10.2. The summed E-state index contributed by atoms with van der Waals surface area (Å²) < 4.78 is 11.5. The quantitative estimate of drug-likeness (QED) is 0.211. The number of benzene rings is 1. The minimum Gasteiger partial charge on any atom is -0.549 e. The van der Waals surface area contributed by atoms with Gasteiger partial charge in [0.25, 0.3) is 0 Å². The Hall–Kier alpha value is -1.70. The van der Waals surface area contributed by atoms with Gasteiger partial charge < -0.3 is 9.16 Å².